The molecule has 1 fully saturated rings. The van der Waals surface area contributed by atoms with Crippen molar-refractivity contribution in [2.45, 2.75) is 18.9 Å². The highest BCUT2D eigenvalue weighted by Crippen LogP contribution is 2.23. The standard InChI is InChI=1S/C27H30N2O3/c30-25(20-32-26-15-13-22(14-16-26)21-8-3-1-4-9-21)19-29-17-7-10-23(18-29)27(31)28-24-11-5-2-6-12-24/h1-6,8-9,11-16,23,25,30H,7,10,17-20H2,(H,28,31). The predicted molar refractivity (Wildman–Crippen MR) is 128 cm³/mol. The highest BCUT2D eigenvalue weighted by molar-refractivity contribution is 5.92. The summed E-state index contributed by atoms with van der Waals surface area (Å²) in [6.07, 6.45) is 1.21. The number of likely N-dealkylation sites (tertiary alicyclic amines) is 1. The molecule has 0 saturated carbocycles. The van der Waals surface area contributed by atoms with Crippen LogP contribution in [0.4, 0.5) is 5.69 Å². The van der Waals surface area contributed by atoms with Crippen molar-refractivity contribution in [2.24, 2.45) is 5.92 Å². The number of piperidine rings is 1. The zero-order valence-electron chi connectivity index (χ0n) is 18.2. The Morgan fingerprint density at radius 1 is 0.969 bits per heavy atom. The van der Waals surface area contributed by atoms with Gasteiger partial charge in [0.15, 0.2) is 0 Å². The second-order valence-corrected chi connectivity index (χ2v) is 8.31. The SMILES string of the molecule is O=C(Nc1ccccc1)C1CCCN(CC(O)COc2ccc(-c3ccccc3)cc2)C1. The third-order valence-corrected chi connectivity index (χ3v) is 5.79. The van der Waals surface area contributed by atoms with Gasteiger partial charge < -0.3 is 15.2 Å². The second-order valence-electron chi connectivity index (χ2n) is 8.31. The topological polar surface area (TPSA) is 61.8 Å². The van der Waals surface area contributed by atoms with E-state index in [0.29, 0.717) is 13.1 Å². The first-order valence-corrected chi connectivity index (χ1v) is 11.2. The van der Waals surface area contributed by atoms with E-state index in [9.17, 15) is 9.90 Å². The van der Waals surface area contributed by atoms with Gasteiger partial charge in [-0.15, -0.1) is 0 Å². The zero-order chi connectivity index (χ0) is 22.2. The van der Waals surface area contributed by atoms with Crippen LogP contribution in [0.1, 0.15) is 12.8 Å². The molecule has 5 nitrogen and oxygen atoms in total. The molecule has 1 aliphatic heterocycles. The van der Waals surface area contributed by atoms with E-state index in [1.54, 1.807) is 0 Å². The second kappa shape index (κ2) is 10.9. The fourth-order valence-corrected chi connectivity index (χ4v) is 4.12. The first kappa shape index (κ1) is 22.1. The van der Waals surface area contributed by atoms with Crippen LogP contribution >= 0.6 is 0 Å². The Balaban J connectivity index is 1.23. The highest BCUT2D eigenvalue weighted by atomic mass is 16.5. The number of carbonyl (C=O) groups is 1. The summed E-state index contributed by atoms with van der Waals surface area (Å²) in [6.45, 7) is 2.26. The minimum Gasteiger partial charge on any atom is -0.491 e. The summed E-state index contributed by atoms with van der Waals surface area (Å²) in [5.41, 5.74) is 3.11. The maximum atomic E-state index is 12.6. The molecule has 0 aromatic heterocycles. The van der Waals surface area contributed by atoms with Crippen molar-refractivity contribution < 1.29 is 14.6 Å². The summed E-state index contributed by atoms with van der Waals surface area (Å²) in [5, 5.41) is 13.5. The molecule has 0 spiro atoms. The van der Waals surface area contributed by atoms with Crippen LogP contribution in [0.2, 0.25) is 0 Å². The lowest BCUT2D eigenvalue weighted by atomic mass is 9.96. The number of aliphatic hydroxyl groups is 1. The zero-order valence-corrected chi connectivity index (χ0v) is 18.2. The number of hydrogen-bond acceptors (Lipinski definition) is 4. The molecule has 0 aliphatic carbocycles. The molecule has 3 aromatic carbocycles. The average molecular weight is 431 g/mol. The van der Waals surface area contributed by atoms with E-state index in [4.69, 9.17) is 4.74 Å². The Labute approximate surface area is 189 Å². The molecule has 2 atom stereocenters. The Morgan fingerprint density at radius 3 is 2.34 bits per heavy atom. The van der Waals surface area contributed by atoms with Crippen LogP contribution in [0.5, 0.6) is 5.75 Å². The summed E-state index contributed by atoms with van der Waals surface area (Å²) in [6, 6.07) is 27.6. The fourth-order valence-electron chi connectivity index (χ4n) is 4.12. The van der Waals surface area contributed by atoms with Crippen LogP contribution in [0.3, 0.4) is 0 Å². The number of anilines is 1. The third kappa shape index (κ3) is 6.19. The van der Waals surface area contributed by atoms with Gasteiger partial charge in [0.1, 0.15) is 18.5 Å². The maximum absolute atomic E-state index is 12.6. The van der Waals surface area contributed by atoms with Gasteiger partial charge in [-0.3, -0.25) is 9.69 Å². The number of ether oxygens (including phenoxy) is 1. The Hall–Kier alpha value is -3.15. The lowest BCUT2D eigenvalue weighted by Gasteiger charge is -2.33. The van der Waals surface area contributed by atoms with E-state index < -0.39 is 6.10 Å². The molecule has 1 heterocycles. The number of para-hydroxylation sites is 1. The number of amides is 1. The van der Waals surface area contributed by atoms with Gasteiger partial charge in [-0.05, 0) is 54.8 Å². The molecule has 32 heavy (non-hydrogen) atoms. The Morgan fingerprint density at radius 2 is 1.62 bits per heavy atom. The summed E-state index contributed by atoms with van der Waals surface area (Å²) >= 11 is 0. The van der Waals surface area contributed by atoms with Gasteiger partial charge in [0.25, 0.3) is 0 Å². The van der Waals surface area contributed by atoms with Crippen LogP contribution < -0.4 is 10.1 Å². The summed E-state index contributed by atoms with van der Waals surface area (Å²) in [7, 11) is 0. The molecule has 5 heteroatoms. The van der Waals surface area contributed by atoms with Crippen LogP contribution in [-0.2, 0) is 4.79 Å². The Kier molecular flexibility index (Phi) is 7.54. The van der Waals surface area contributed by atoms with Gasteiger partial charge in [0.2, 0.25) is 5.91 Å². The number of nitrogens with zero attached hydrogens (tertiary/aromatic N) is 1. The van der Waals surface area contributed by atoms with Gasteiger partial charge in [-0.1, -0.05) is 60.7 Å². The lowest BCUT2D eigenvalue weighted by molar-refractivity contribution is -0.121. The number of β-amino-alcohol motifs (C(OH)–C–C–N with tert-alkyl or cyclic N) is 1. The van der Waals surface area contributed by atoms with Gasteiger partial charge >= 0.3 is 0 Å². The summed E-state index contributed by atoms with van der Waals surface area (Å²) < 4.78 is 5.80. The van der Waals surface area contributed by atoms with Crippen molar-refractivity contribution in [1.29, 1.82) is 0 Å². The predicted octanol–water partition coefficient (Wildman–Crippen LogP) is 4.44. The van der Waals surface area contributed by atoms with Gasteiger partial charge in [-0.25, -0.2) is 0 Å². The van der Waals surface area contributed by atoms with E-state index in [1.165, 1.54) is 0 Å². The first-order valence-electron chi connectivity index (χ1n) is 11.2. The minimum absolute atomic E-state index is 0.0464. The molecular weight excluding hydrogens is 400 g/mol. The quantitative estimate of drug-likeness (QED) is 0.555. The van der Waals surface area contributed by atoms with Crippen molar-refractivity contribution in [2.75, 3.05) is 31.6 Å². The molecule has 1 aliphatic rings. The van der Waals surface area contributed by atoms with E-state index in [2.05, 4.69) is 22.3 Å². The van der Waals surface area contributed by atoms with E-state index >= 15 is 0 Å². The summed E-state index contributed by atoms with van der Waals surface area (Å²) in [4.78, 5) is 14.8. The minimum atomic E-state index is -0.611. The fraction of sp³-hybridized carbons (Fsp3) is 0.296. The average Bonchev–Trinajstić information content (AvgIpc) is 2.84. The normalized spacial score (nSPS) is 17.5. The van der Waals surface area contributed by atoms with E-state index in [-0.39, 0.29) is 18.4 Å². The van der Waals surface area contributed by atoms with Crippen molar-refractivity contribution in [3.8, 4) is 16.9 Å². The molecule has 3 aromatic rings. The highest BCUT2D eigenvalue weighted by Gasteiger charge is 2.27. The van der Waals surface area contributed by atoms with Crippen LogP contribution in [0.25, 0.3) is 11.1 Å². The van der Waals surface area contributed by atoms with E-state index in [1.807, 2.05) is 72.8 Å². The van der Waals surface area contributed by atoms with Gasteiger partial charge in [0, 0.05) is 18.8 Å². The molecular formula is C27H30N2O3. The maximum Gasteiger partial charge on any atom is 0.228 e. The molecule has 166 valence electrons. The number of rotatable bonds is 8. The molecule has 2 unspecified atom stereocenters. The van der Waals surface area contributed by atoms with Crippen LogP contribution in [-0.4, -0.2) is 48.3 Å². The van der Waals surface area contributed by atoms with Crippen molar-refractivity contribution >= 4 is 11.6 Å². The largest absolute Gasteiger partial charge is 0.491 e. The number of carbonyl (C=O) groups excluding carboxylic acids is 1. The molecule has 4 rings (SSSR count). The van der Waals surface area contributed by atoms with Crippen molar-refractivity contribution in [1.82, 2.24) is 4.90 Å². The third-order valence-electron chi connectivity index (χ3n) is 5.79. The number of nitrogens with one attached hydrogen (secondary N) is 1. The van der Waals surface area contributed by atoms with Gasteiger partial charge in [-0.2, -0.15) is 0 Å². The molecule has 1 saturated heterocycles. The molecule has 1 amide bonds. The van der Waals surface area contributed by atoms with Crippen LogP contribution in [0.15, 0.2) is 84.9 Å². The number of hydrogen-bond donors (Lipinski definition) is 2. The van der Waals surface area contributed by atoms with Gasteiger partial charge in [0.05, 0.1) is 5.92 Å². The van der Waals surface area contributed by atoms with Crippen LogP contribution in [0, 0.1) is 5.92 Å². The van der Waals surface area contributed by atoms with Crippen molar-refractivity contribution in [3.05, 3.63) is 84.9 Å². The Bertz CT molecular complexity index is 977. The van der Waals surface area contributed by atoms with Crippen molar-refractivity contribution in [3.63, 3.8) is 0 Å². The summed E-state index contributed by atoms with van der Waals surface area (Å²) in [5.74, 6) is 0.718. The lowest BCUT2D eigenvalue weighted by Crippen LogP contribution is -2.44. The number of aliphatic hydroxyl groups excluding tert-OH is 1. The van der Waals surface area contributed by atoms with E-state index in [0.717, 1.165) is 42.0 Å². The molecule has 2 N–H and O–H groups in total. The smallest absolute Gasteiger partial charge is 0.228 e. The molecule has 0 radical (unpaired) electrons. The monoisotopic (exact) mass is 430 g/mol. The molecule has 0 bridgehead atoms. The first-order chi connectivity index (χ1) is 15.7. The number of benzene rings is 3.